The standard InChI is InChI=1S/C19H19Cl2N3O/c20-17-6-3-4-15(19(17)21)7-8-18(25)24-12-10-23(11-13-24)14-16-5-1-2-9-22-16/h1-9H,10-14H2. The van der Waals surface area contributed by atoms with Gasteiger partial charge in [-0.05, 0) is 29.8 Å². The molecule has 0 radical (unpaired) electrons. The van der Waals surface area contributed by atoms with E-state index in [4.69, 9.17) is 23.2 Å². The molecule has 0 unspecified atom stereocenters. The Bertz CT molecular complexity index is 757. The normalized spacial score (nSPS) is 15.7. The van der Waals surface area contributed by atoms with Crippen molar-refractivity contribution in [2.45, 2.75) is 6.54 Å². The van der Waals surface area contributed by atoms with Crippen molar-refractivity contribution in [3.63, 3.8) is 0 Å². The third-order valence-electron chi connectivity index (χ3n) is 4.18. The van der Waals surface area contributed by atoms with Crippen LogP contribution in [0.15, 0.2) is 48.7 Å². The monoisotopic (exact) mass is 375 g/mol. The molecule has 1 saturated heterocycles. The first-order valence-corrected chi connectivity index (χ1v) is 8.92. The van der Waals surface area contributed by atoms with Gasteiger partial charge < -0.3 is 4.90 Å². The van der Waals surface area contributed by atoms with E-state index in [2.05, 4.69) is 9.88 Å². The van der Waals surface area contributed by atoms with Gasteiger partial charge in [-0.15, -0.1) is 0 Å². The average Bonchev–Trinajstić information content (AvgIpc) is 2.64. The first-order chi connectivity index (χ1) is 12.1. The van der Waals surface area contributed by atoms with Gasteiger partial charge in [0.2, 0.25) is 5.91 Å². The van der Waals surface area contributed by atoms with Gasteiger partial charge in [0, 0.05) is 45.0 Å². The van der Waals surface area contributed by atoms with Crippen molar-refractivity contribution < 1.29 is 4.79 Å². The Morgan fingerprint density at radius 1 is 1.08 bits per heavy atom. The fraction of sp³-hybridized carbons (Fsp3) is 0.263. The first kappa shape index (κ1) is 17.9. The summed E-state index contributed by atoms with van der Waals surface area (Å²) in [6.07, 6.45) is 5.09. The van der Waals surface area contributed by atoms with E-state index in [9.17, 15) is 4.79 Å². The summed E-state index contributed by atoms with van der Waals surface area (Å²) in [5, 5.41) is 0.952. The lowest BCUT2D eigenvalue weighted by molar-refractivity contribution is -0.127. The van der Waals surface area contributed by atoms with E-state index < -0.39 is 0 Å². The second kappa shape index (κ2) is 8.48. The molecule has 25 heavy (non-hydrogen) atoms. The van der Waals surface area contributed by atoms with Gasteiger partial charge in [0.05, 0.1) is 15.7 Å². The minimum absolute atomic E-state index is 0.00599. The smallest absolute Gasteiger partial charge is 0.246 e. The summed E-state index contributed by atoms with van der Waals surface area (Å²) < 4.78 is 0. The molecule has 0 atom stereocenters. The Labute approximate surface area is 157 Å². The average molecular weight is 376 g/mol. The molecule has 130 valence electrons. The molecule has 0 aliphatic carbocycles. The Morgan fingerprint density at radius 2 is 1.88 bits per heavy atom. The minimum atomic E-state index is -0.00599. The van der Waals surface area contributed by atoms with Crippen LogP contribution in [0.2, 0.25) is 10.0 Å². The summed E-state index contributed by atoms with van der Waals surface area (Å²) in [5.74, 6) is -0.00599. The van der Waals surface area contributed by atoms with Crippen LogP contribution in [0.4, 0.5) is 0 Å². The maximum absolute atomic E-state index is 12.4. The van der Waals surface area contributed by atoms with Crippen LogP contribution in [0, 0.1) is 0 Å². The van der Waals surface area contributed by atoms with Crippen molar-refractivity contribution in [3.8, 4) is 0 Å². The molecule has 4 nitrogen and oxygen atoms in total. The van der Waals surface area contributed by atoms with Gasteiger partial charge in [-0.3, -0.25) is 14.7 Å². The van der Waals surface area contributed by atoms with Crippen LogP contribution in [0.3, 0.4) is 0 Å². The molecule has 1 amide bonds. The van der Waals surface area contributed by atoms with Gasteiger partial charge >= 0.3 is 0 Å². The second-order valence-electron chi connectivity index (χ2n) is 5.90. The van der Waals surface area contributed by atoms with Crippen LogP contribution < -0.4 is 0 Å². The largest absolute Gasteiger partial charge is 0.337 e. The molecule has 1 aromatic carbocycles. The van der Waals surface area contributed by atoms with Crippen LogP contribution in [0.5, 0.6) is 0 Å². The zero-order valence-corrected chi connectivity index (χ0v) is 15.2. The Morgan fingerprint density at radius 3 is 2.60 bits per heavy atom. The quantitative estimate of drug-likeness (QED) is 0.763. The number of carbonyl (C=O) groups is 1. The van der Waals surface area contributed by atoms with E-state index in [1.807, 2.05) is 35.2 Å². The molecular weight excluding hydrogens is 357 g/mol. The molecule has 1 fully saturated rings. The van der Waals surface area contributed by atoms with Gasteiger partial charge in [-0.25, -0.2) is 0 Å². The van der Waals surface area contributed by atoms with Gasteiger partial charge in [-0.2, -0.15) is 0 Å². The molecule has 0 bridgehead atoms. The number of nitrogens with zero attached hydrogens (tertiary/aromatic N) is 3. The van der Waals surface area contributed by atoms with Crippen LogP contribution >= 0.6 is 23.2 Å². The number of amides is 1. The number of pyridine rings is 1. The first-order valence-electron chi connectivity index (χ1n) is 8.17. The molecule has 2 aromatic rings. The van der Waals surface area contributed by atoms with Crippen molar-refractivity contribution >= 4 is 35.2 Å². The lowest BCUT2D eigenvalue weighted by Gasteiger charge is -2.34. The van der Waals surface area contributed by atoms with Crippen molar-refractivity contribution in [2.24, 2.45) is 0 Å². The maximum atomic E-state index is 12.4. The number of carbonyl (C=O) groups excluding carboxylic acids is 1. The van der Waals surface area contributed by atoms with Gasteiger partial charge in [0.15, 0.2) is 0 Å². The predicted octanol–water partition coefficient (Wildman–Crippen LogP) is 3.75. The zero-order valence-electron chi connectivity index (χ0n) is 13.7. The number of halogens is 2. The van der Waals surface area contributed by atoms with Crippen molar-refractivity contribution in [1.29, 1.82) is 0 Å². The zero-order chi connectivity index (χ0) is 17.6. The predicted molar refractivity (Wildman–Crippen MR) is 102 cm³/mol. The summed E-state index contributed by atoms with van der Waals surface area (Å²) >= 11 is 12.1. The fourth-order valence-electron chi connectivity index (χ4n) is 2.76. The Kier molecular flexibility index (Phi) is 6.08. The highest BCUT2D eigenvalue weighted by Gasteiger charge is 2.19. The number of piperazine rings is 1. The number of benzene rings is 1. The molecule has 2 heterocycles. The molecule has 1 aliphatic rings. The van der Waals surface area contributed by atoms with Crippen molar-refractivity contribution in [1.82, 2.24) is 14.8 Å². The molecular formula is C19H19Cl2N3O. The maximum Gasteiger partial charge on any atom is 0.246 e. The lowest BCUT2D eigenvalue weighted by Crippen LogP contribution is -2.47. The van der Waals surface area contributed by atoms with Crippen LogP contribution in [0.25, 0.3) is 6.08 Å². The van der Waals surface area contributed by atoms with Crippen molar-refractivity contribution in [2.75, 3.05) is 26.2 Å². The highest BCUT2D eigenvalue weighted by molar-refractivity contribution is 6.42. The number of rotatable bonds is 4. The van der Waals surface area contributed by atoms with Gasteiger partial charge in [0.25, 0.3) is 0 Å². The van der Waals surface area contributed by atoms with E-state index in [0.717, 1.165) is 30.9 Å². The number of hydrogen-bond donors (Lipinski definition) is 0. The number of hydrogen-bond acceptors (Lipinski definition) is 3. The van der Waals surface area contributed by atoms with Gasteiger partial charge in [0.1, 0.15) is 0 Å². The van der Waals surface area contributed by atoms with Gasteiger partial charge in [-0.1, -0.05) is 41.4 Å². The topological polar surface area (TPSA) is 36.4 Å². The molecule has 1 aromatic heterocycles. The van der Waals surface area contributed by atoms with E-state index in [0.29, 0.717) is 23.1 Å². The van der Waals surface area contributed by atoms with Crippen LogP contribution in [0.1, 0.15) is 11.3 Å². The third kappa shape index (κ3) is 4.82. The second-order valence-corrected chi connectivity index (χ2v) is 6.68. The summed E-state index contributed by atoms with van der Waals surface area (Å²) in [6.45, 7) is 3.91. The molecule has 3 rings (SSSR count). The number of aromatic nitrogens is 1. The van der Waals surface area contributed by atoms with E-state index in [1.165, 1.54) is 0 Å². The van der Waals surface area contributed by atoms with E-state index in [-0.39, 0.29) is 5.91 Å². The highest BCUT2D eigenvalue weighted by Crippen LogP contribution is 2.26. The summed E-state index contributed by atoms with van der Waals surface area (Å²) in [5.41, 5.74) is 1.80. The lowest BCUT2D eigenvalue weighted by atomic mass is 10.2. The Balaban J connectivity index is 1.53. The molecule has 0 saturated carbocycles. The minimum Gasteiger partial charge on any atom is -0.337 e. The summed E-state index contributed by atoms with van der Waals surface area (Å²) in [7, 11) is 0. The molecule has 6 heteroatoms. The summed E-state index contributed by atoms with van der Waals surface area (Å²) in [4.78, 5) is 20.9. The molecule has 0 spiro atoms. The summed E-state index contributed by atoms with van der Waals surface area (Å²) in [6, 6.07) is 11.3. The van der Waals surface area contributed by atoms with E-state index in [1.54, 1.807) is 24.4 Å². The van der Waals surface area contributed by atoms with E-state index >= 15 is 0 Å². The third-order valence-corrected chi connectivity index (χ3v) is 5.02. The van der Waals surface area contributed by atoms with Crippen LogP contribution in [-0.4, -0.2) is 46.9 Å². The highest BCUT2D eigenvalue weighted by atomic mass is 35.5. The molecule has 0 N–H and O–H groups in total. The fourth-order valence-corrected chi connectivity index (χ4v) is 3.13. The molecule has 1 aliphatic heterocycles. The van der Waals surface area contributed by atoms with Crippen LogP contribution in [-0.2, 0) is 11.3 Å². The Hall–Kier alpha value is -1.88. The van der Waals surface area contributed by atoms with Crippen molar-refractivity contribution in [3.05, 3.63) is 70.0 Å². The SMILES string of the molecule is O=C(C=Cc1cccc(Cl)c1Cl)N1CCN(Cc2ccccn2)CC1.